The molecule has 2 aromatic rings. The van der Waals surface area contributed by atoms with Gasteiger partial charge in [-0.15, -0.1) is 13.2 Å². The van der Waals surface area contributed by atoms with Crippen LogP contribution in [0.2, 0.25) is 5.02 Å². The van der Waals surface area contributed by atoms with Crippen LogP contribution >= 0.6 is 11.6 Å². The summed E-state index contributed by atoms with van der Waals surface area (Å²) in [6.45, 7) is 0.987. The molecule has 1 aliphatic heterocycles. The summed E-state index contributed by atoms with van der Waals surface area (Å²) < 4.78 is 51.3. The van der Waals surface area contributed by atoms with Crippen LogP contribution in [0.1, 0.15) is 31.4 Å². The van der Waals surface area contributed by atoms with Crippen LogP contribution in [-0.2, 0) is 20.8 Å². The van der Waals surface area contributed by atoms with Crippen LogP contribution in [0.5, 0.6) is 0 Å². The molecule has 3 amide bonds. The van der Waals surface area contributed by atoms with Crippen molar-refractivity contribution in [2.45, 2.75) is 56.8 Å². The standard InChI is InChI=1S/C22H25ClF3N3O5/c23-14-1-2-19-13(7-14)8-18(33-19)11-27-21(31)29-5-3-15(4-6-29)28-20(30)12-32-16-9-17(10-16)34-22(24,25)26/h1-2,7-8,15-17H,3-6,9-12H2,(H,27,31)(H,28,30)/t16-,17+. The highest BCUT2D eigenvalue weighted by atomic mass is 35.5. The van der Waals surface area contributed by atoms with Gasteiger partial charge in [0.1, 0.15) is 18.0 Å². The average molecular weight is 504 g/mol. The van der Waals surface area contributed by atoms with Crippen molar-refractivity contribution in [3.63, 3.8) is 0 Å². The Bertz CT molecular complexity index is 1020. The zero-order valence-corrected chi connectivity index (χ0v) is 19.0. The van der Waals surface area contributed by atoms with E-state index in [4.69, 9.17) is 20.8 Å². The van der Waals surface area contributed by atoms with Gasteiger partial charge in [0.25, 0.3) is 0 Å². The molecule has 0 radical (unpaired) electrons. The third-order valence-corrected chi connectivity index (χ3v) is 6.13. The molecule has 0 spiro atoms. The predicted molar refractivity (Wildman–Crippen MR) is 116 cm³/mol. The number of hydrogen-bond donors (Lipinski definition) is 2. The monoisotopic (exact) mass is 503 g/mol. The summed E-state index contributed by atoms with van der Waals surface area (Å²) in [5.74, 6) is 0.295. The number of urea groups is 1. The fourth-order valence-electron chi connectivity index (χ4n) is 4.06. The van der Waals surface area contributed by atoms with Gasteiger partial charge in [-0.3, -0.25) is 9.53 Å². The van der Waals surface area contributed by atoms with E-state index in [1.165, 1.54) is 0 Å². The van der Waals surface area contributed by atoms with Crippen LogP contribution in [0, 0.1) is 0 Å². The fourth-order valence-corrected chi connectivity index (χ4v) is 4.24. The first-order valence-corrected chi connectivity index (χ1v) is 11.4. The van der Waals surface area contributed by atoms with E-state index >= 15 is 0 Å². The maximum Gasteiger partial charge on any atom is 0.522 e. The zero-order valence-electron chi connectivity index (χ0n) is 18.2. The smallest absolute Gasteiger partial charge is 0.459 e. The van der Waals surface area contributed by atoms with Crippen molar-refractivity contribution in [2.24, 2.45) is 0 Å². The van der Waals surface area contributed by atoms with Gasteiger partial charge in [-0.2, -0.15) is 0 Å². The second-order valence-electron chi connectivity index (χ2n) is 8.47. The lowest BCUT2D eigenvalue weighted by Gasteiger charge is -2.35. The number of amides is 3. The van der Waals surface area contributed by atoms with Gasteiger partial charge in [0, 0.05) is 42.4 Å². The van der Waals surface area contributed by atoms with Gasteiger partial charge >= 0.3 is 12.4 Å². The largest absolute Gasteiger partial charge is 0.522 e. The number of piperidine rings is 1. The Morgan fingerprint density at radius 3 is 2.59 bits per heavy atom. The minimum Gasteiger partial charge on any atom is -0.459 e. The third kappa shape index (κ3) is 6.77. The fraction of sp³-hybridized carbons (Fsp3) is 0.545. The third-order valence-electron chi connectivity index (χ3n) is 5.89. The minimum absolute atomic E-state index is 0.0945. The summed E-state index contributed by atoms with van der Waals surface area (Å²) >= 11 is 5.98. The summed E-state index contributed by atoms with van der Waals surface area (Å²) in [5.41, 5.74) is 0.695. The number of alkyl halides is 3. The quantitative estimate of drug-likeness (QED) is 0.596. The molecule has 2 N–H and O–H groups in total. The highest BCUT2D eigenvalue weighted by Crippen LogP contribution is 2.32. The Hall–Kier alpha value is -2.50. The highest BCUT2D eigenvalue weighted by Gasteiger charge is 2.40. The van der Waals surface area contributed by atoms with Crippen LogP contribution in [0.15, 0.2) is 28.7 Å². The van der Waals surface area contributed by atoms with E-state index in [1.807, 2.05) is 6.07 Å². The van der Waals surface area contributed by atoms with Crippen molar-refractivity contribution in [3.05, 3.63) is 35.0 Å². The minimum atomic E-state index is -4.65. The summed E-state index contributed by atoms with van der Waals surface area (Å²) in [6, 6.07) is 6.83. The second-order valence-corrected chi connectivity index (χ2v) is 8.91. The van der Waals surface area contributed by atoms with Crippen LogP contribution in [0.4, 0.5) is 18.0 Å². The zero-order chi connectivity index (χ0) is 24.3. The second kappa shape index (κ2) is 10.4. The van der Waals surface area contributed by atoms with Gasteiger partial charge in [0.2, 0.25) is 5.91 Å². The van der Waals surface area contributed by atoms with E-state index in [0.29, 0.717) is 42.3 Å². The molecule has 1 saturated carbocycles. The molecular weight excluding hydrogens is 479 g/mol. The molecule has 4 rings (SSSR count). The van der Waals surface area contributed by atoms with Gasteiger partial charge in [0.05, 0.1) is 18.8 Å². The molecule has 0 atom stereocenters. The molecule has 1 saturated heterocycles. The Kier molecular flexibility index (Phi) is 7.54. The van der Waals surface area contributed by atoms with E-state index in [0.717, 1.165) is 5.39 Å². The first kappa shape index (κ1) is 24.6. The number of nitrogens with one attached hydrogen (secondary N) is 2. The van der Waals surface area contributed by atoms with E-state index in [9.17, 15) is 22.8 Å². The Morgan fingerprint density at radius 1 is 1.15 bits per heavy atom. The number of carbonyl (C=O) groups is 2. The molecule has 2 fully saturated rings. The van der Waals surface area contributed by atoms with Crippen molar-refractivity contribution in [1.82, 2.24) is 15.5 Å². The first-order valence-electron chi connectivity index (χ1n) is 11.0. The number of carbonyl (C=O) groups excluding carboxylic acids is 2. The summed E-state index contributed by atoms with van der Waals surface area (Å²) in [4.78, 5) is 26.2. The number of ether oxygens (including phenoxy) is 2. The molecule has 1 aromatic heterocycles. The van der Waals surface area contributed by atoms with E-state index in [2.05, 4.69) is 15.4 Å². The van der Waals surface area contributed by atoms with Crippen LogP contribution in [0.25, 0.3) is 11.0 Å². The molecule has 34 heavy (non-hydrogen) atoms. The van der Waals surface area contributed by atoms with Gasteiger partial charge in [-0.25, -0.2) is 4.79 Å². The van der Waals surface area contributed by atoms with Crippen molar-refractivity contribution >= 4 is 34.5 Å². The molecule has 1 aliphatic carbocycles. The number of nitrogens with zero attached hydrogens (tertiary/aromatic N) is 1. The maximum atomic E-state index is 12.5. The SMILES string of the molecule is O=C(CO[C@H]1C[C@@H](OC(F)(F)F)C1)NC1CCN(C(=O)NCc2cc3cc(Cl)ccc3o2)CC1. The average Bonchev–Trinajstić information content (AvgIpc) is 3.15. The van der Waals surface area contributed by atoms with E-state index in [1.54, 1.807) is 23.1 Å². The number of halogens is 4. The predicted octanol–water partition coefficient (Wildman–Crippen LogP) is 3.96. The highest BCUT2D eigenvalue weighted by molar-refractivity contribution is 6.31. The molecule has 186 valence electrons. The molecular formula is C22H25ClF3N3O5. The maximum absolute atomic E-state index is 12.5. The number of rotatable bonds is 7. The molecule has 8 nitrogen and oxygen atoms in total. The van der Waals surface area contributed by atoms with Crippen LogP contribution in [0.3, 0.4) is 0 Å². The number of hydrogen-bond acceptors (Lipinski definition) is 5. The van der Waals surface area contributed by atoms with Gasteiger partial charge in [-0.1, -0.05) is 11.6 Å². The lowest BCUT2D eigenvalue weighted by atomic mass is 9.92. The number of likely N-dealkylation sites (tertiary alicyclic amines) is 1. The van der Waals surface area contributed by atoms with Crippen molar-refractivity contribution < 1.29 is 36.7 Å². The summed E-state index contributed by atoms with van der Waals surface area (Å²) in [7, 11) is 0. The number of furan rings is 1. The Morgan fingerprint density at radius 2 is 1.88 bits per heavy atom. The number of benzene rings is 1. The number of fused-ring (bicyclic) bond motifs is 1. The summed E-state index contributed by atoms with van der Waals surface area (Å²) in [5, 5.41) is 7.16. The van der Waals surface area contributed by atoms with Crippen LogP contribution < -0.4 is 10.6 Å². The van der Waals surface area contributed by atoms with Crippen molar-refractivity contribution in [1.29, 1.82) is 0 Å². The van der Waals surface area contributed by atoms with Crippen molar-refractivity contribution in [3.8, 4) is 0 Å². The Balaban J connectivity index is 1.11. The molecule has 0 unspecified atom stereocenters. The Labute approximate surface area is 198 Å². The van der Waals surface area contributed by atoms with Crippen LogP contribution in [-0.4, -0.2) is 61.1 Å². The van der Waals surface area contributed by atoms with Gasteiger partial charge in [0.15, 0.2) is 0 Å². The van der Waals surface area contributed by atoms with Gasteiger partial charge in [-0.05, 0) is 37.1 Å². The molecule has 12 heteroatoms. The van der Waals surface area contributed by atoms with Crippen molar-refractivity contribution in [2.75, 3.05) is 19.7 Å². The molecule has 0 bridgehead atoms. The first-order chi connectivity index (χ1) is 16.1. The van der Waals surface area contributed by atoms with Gasteiger partial charge < -0.3 is 24.7 Å². The summed E-state index contributed by atoms with van der Waals surface area (Å²) in [6.07, 6.45) is -4.56. The molecule has 2 aliphatic rings. The molecule has 1 aromatic carbocycles. The topological polar surface area (TPSA) is 93.0 Å². The lowest BCUT2D eigenvalue weighted by Crippen LogP contribution is -2.50. The normalized spacial score (nSPS) is 21.4. The lowest BCUT2D eigenvalue weighted by molar-refractivity contribution is -0.357. The molecule has 2 heterocycles. The van der Waals surface area contributed by atoms with E-state index < -0.39 is 18.6 Å². The van der Waals surface area contributed by atoms with E-state index in [-0.39, 0.29) is 44.0 Å².